The summed E-state index contributed by atoms with van der Waals surface area (Å²) in [5.41, 5.74) is 0. The molecule has 0 aromatic carbocycles. The largest absolute Gasteiger partial charge is 3.00 e. The Labute approximate surface area is 278 Å². The Morgan fingerprint density at radius 2 is 0.674 bits per heavy atom. The van der Waals surface area contributed by atoms with Gasteiger partial charge in [0.15, 0.2) is 17.3 Å². The van der Waals surface area contributed by atoms with E-state index in [2.05, 4.69) is 0 Å². The van der Waals surface area contributed by atoms with Crippen molar-refractivity contribution in [1.82, 2.24) is 0 Å². The van der Waals surface area contributed by atoms with E-state index < -0.39 is 53.2 Å². The van der Waals surface area contributed by atoms with E-state index in [0.717, 1.165) is 34.0 Å². The van der Waals surface area contributed by atoms with Gasteiger partial charge in [-0.15, -0.1) is 37.5 Å². The smallest absolute Gasteiger partial charge is 0.330 e. The summed E-state index contributed by atoms with van der Waals surface area (Å²) in [6, 6.07) is 8.62. The molecule has 0 saturated heterocycles. The molecule has 0 N–H and O–H groups in total. The first kappa shape index (κ1) is 40.4. The van der Waals surface area contributed by atoms with Crippen molar-refractivity contribution in [2.24, 2.45) is 0 Å². The maximum Gasteiger partial charge on any atom is 3.00 e. The topological polar surface area (TPSA) is 102 Å². The Kier molecular flexibility index (Phi) is 16.6. The first-order valence-corrected chi connectivity index (χ1v) is 13.0. The van der Waals surface area contributed by atoms with Crippen molar-refractivity contribution in [3.8, 4) is 0 Å². The number of ketones is 6. The Morgan fingerprint density at radius 3 is 0.814 bits per heavy atom. The predicted octanol–water partition coefficient (Wildman–Crippen LogP) is 6.80. The van der Waals surface area contributed by atoms with E-state index in [-0.39, 0.29) is 72.5 Å². The van der Waals surface area contributed by atoms with Crippen LogP contribution in [0.1, 0.15) is 29.0 Å². The van der Waals surface area contributed by atoms with Gasteiger partial charge >= 0.3 is 57.1 Å². The van der Waals surface area contributed by atoms with Crippen LogP contribution in [0.4, 0.5) is 39.5 Å². The molecule has 3 aromatic rings. The molecule has 0 fully saturated rings. The van der Waals surface area contributed by atoms with Gasteiger partial charge in [-0.3, -0.25) is 0 Å². The van der Waals surface area contributed by atoms with Crippen LogP contribution in [0.15, 0.2) is 52.5 Å². The molecule has 19 heteroatoms. The molecule has 0 aliphatic carbocycles. The van der Waals surface area contributed by atoms with Crippen molar-refractivity contribution in [2.45, 2.75) is 18.5 Å². The van der Waals surface area contributed by atoms with Crippen LogP contribution in [0.2, 0.25) is 0 Å². The number of hydrogen-bond donors (Lipinski definition) is 0. The molecular weight excluding hydrogens is 810 g/mol. The molecule has 0 unspecified atom stereocenters. The molecule has 0 aliphatic heterocycles. The van der Waals surface area contributed by atoms with Gasteiger partial charge in [0.2, 0.25) is 0 Å². The second-order valence-electron chi connectivity index (χ2n) is 7.04. The van der Waals surface area contributed by atoms with E-state index in [1.165, 1.54) is 36.4 Å². The average Bonchev–Trinajstić information content (AvgIpc) is 3.66. The number of rotatable bonds is 9. The third-order valence-electron chi connectivity index (χ3n) is 3.92. The van der Waals surface area contributed by atoms with E-state index >= 15 is 0 Å². The fourth-order valence-corrected chi connectivity index (χ4v) is 3.98. The number of alkyl halides is 9. The van der Waals surface area contributed by atoms with Crippen molar-refractivity contribution in [2.75, 3.05) is 0 Å². The normalized spacial score (nSPS) is 10.8. The minimum Gasteiger partial charge on any atom is -0.330 e. The van der Waals surface area contributed by atoms with Crippen LogP contribution < -0.4 is 0 Å². The van der Waals surface area contributed by atoms with Crippen LogP contribution in [0.3, 0.4) is 0 Å². The van der Waals surface area contributed by atoms with Crippen molar-refractivity contribution < 1.29 is 107 Å². The van der Waals surface area contributed by atoms with Crippen LogP contribution >= 0.6 is 34.0 Å². The van der Waals surface area contributed by atoms with Crippen LogP contribution in [-0.4, -0.2) is 53.2 Å². The third-order valence-corrected chi connectivity index (χ3v) is 6.57. The second-order valence-corrected chi connectivity index (χ2v) is 9.89. The molecule has 234 valence electrons. The number of thiophene rings is 3. The van der Waals surface area contributed by atoms with E-state index in [0.29, 0.717) is 0 Å². The molecule has 0 amide bonds. The summed E-state index contributed by atoms with van der Waals surface area (Å²) in [6.07, 6.45) is -14.8. The molecule has 0 atom stereocenters. The molecule has 43 heavy (non-hydrogen) atoms. The van der Waals surface area contributed by atoms with E-state index in [1.54, 1.807) is 16.1 Å². The summed E-state index contributed by atoms with van der Waals surface area (Å²) in [5.74, 6) is -9.13. The fraction of sp³-hybridized carbons (Fsp3) is 0.125. The van der Waals surface area contributed by atoms with E-state index in [9.17, 15) is 68.3 Å². The minimum absolute atomic E-state index is 0. The molecule has 3 rings (SSSR count). The monoisotopic (exact) mass is 822 g/mol. The molecule has 0 bridgehead atoms. The van der Waals surface area contributed by atoms with Crippen molar-refractivity contribution in [1.29, 1.82) is 0 Å². The molecule has 3 heterocycles. The summed E-state index contributed by atoms with van der Waals surface area (Å²) in [4.78, 5) is 64.5. The van der Waals surface area contributed by atoms with Crippen molar-refractivity contribution in [3.05, 3.63) is 86.4 Å². The molecule has 6 nitrogen and oxygen atoms in total. The van der Waals surface area contributed by atoms with Gasteiger partial charge in [0.05, 0.1) is 0 Å². The van der Waals surface area contributed by atoms with Crippen molar-refractivity contribution >= 4 is 68.7 Å². The maximum absolute atomic E-state index is 11.7. The maximum atomic E-state index is 11.7. The van der Waals surface area contributed by atoms with Gasteiger partial charge in [-0.05, 0) is 16.1 Å². The molecule has 0 spiro atoms. The first-order valence-electron chi connectivity index (χ1n) is 10.3. The van der Waals surface area contributed by atoms with Gasteiger partial charge in [-0.25, -0.2) is 34.0 Å². The quantitative estimate of drug-likeness (QED) is 0.102. The molecule has 0 radical (unpaired) electrons. The van der Waals surface area contributed by atoms with E-state index in [1.807, 2.05) is 0 Å². The Morgan fingerprint density at radius 1 is 0.465 bits per heavy atom. The summed E-state index contributed by atoms with van der Waals surface area (Å²) in [6.45, 7) is 0. The Bertz CT molecular complexity index is 1190. The molecule has 0 saturated carbocycles. The summed E-state index contributed by atoms with van der Waals surface area (Å²) in [7, 11) is 0. The summed E-state index contributed by atoms with van der Waals surface area (Å²) in [5, 5.41) is 4.62. The van der Waals surface area contributed by atoms with Gasteiger partial charge in [0, 0.05) is 17.3 Å². The zero-order valence-corrected chi connectivity index (χ0v) is 24.9. The van der Waals surface area contributed by atoms with Gasteiger partial charge in [0.1, 0.15) is 0 Å². The summed E-state index contributed by atoms with van der Waals surface area (Å²) >= 11 is 2.95. The van der Waals surface area contributed by atoms with Crippen LogP contribution in [0.5, 0.6) is 0 Å². The van der Waals surface area contributed by atoms with Gasteiger partial charge in [-0.2, -0.15) is 39.5 Å². The number of halogens is 9. The Hall–Kier alpha value is -2.61. The number of carbonyl (C=O) groups excluding carboxylic acids is 6. The predicted molar refractivity (Wildman–Crippen MR) is 132 cm³/mol. The minimum atomic E-state index is -4.98. The molecule has 0 aliphatic rings. The zero-order valence-electron chi connectivity index (χ0n) is 20.3. The standard InChI is InChI=1S/3C8H4F3O2S.Tb/c3*9-8(10,11)7(13)4-5(12)6-2-1-3-14-6;/h3*1-4H;/q3*-1;+3. The molecule has 3 aromatic heterocycles. The van der Waals surface area contributed by atoms with Crippen LogP contribution in [-0.2, 0) is 14.4 Å². The van der Waals surface area contributed by atoms with Gasteiger partial charge in [0.25, 0.3) is 0 Å². The first-order chi connectivity index (χ1) is 19.2. The van der Waals surface area contributed by atoms with Crippen LogP contribution in [0, 0.1) is 57.9 Å². The fourth-order valence-electron chi connectivity index (χ4n) is 2.07. The number of carbonyl (C=O) groups is 6. The summed E-state index contributed by atoms with van der Waals surface area (Å²) < 4.78 is 105. The Balaban J connectivity index is 0.000000608. The zero-order chi connectivity index (χ0) is 32.3. The second kappa shape index (κ2) is 17.6. The molecular formula is C24H12F9O6S3Tb. The number of Topliss-reactive ketones (excluding diaryl/α,β-unsaturated/α-hetero) is 6. The van der Waals surface area contributed by atoms with Gasteiger partial charge in [-0.1, -0.05) is 32.8 Å². The number of hydrogen-bond acceptors (Lipinski definition) is 9. The van der Waals surface area contributed by atoms with E-state index in [4.69, 9.17) is 0 Å². The SMILES string of the molecule is O=C([CH-]C(=O)C(F)(F)F)c1cccs1.O=C([CH-]C(=O)C(F)(F)F)c1cccs1.O=C([CH-]C(=O)C(F)(F)F)c1cccs1.[Tb+3]. The van der Waals surface area contributed by atoms with Gasteiger partial charge < -0.3 is 28.8 Å². The third kappa shape index (κ3) is 15.1. The average molecular weight is 822 g/mol. The van der Waals surface area contributed by atoms with Crippen LogP contribution in [0.25, 0.3) is 0 Å². The van der Waals surface area contributed by atoms with Crippen molar-refractivity contribution in [3.63, 3.8) is 0 Å².